The molecule has 0 bridgehead atoms. The maximum atomic E-state index is 12.2. The molecule has 0 saturated heterocycles. The van der Waals surface area contributed by atoms with Crippen molar-refractivity contribution in [3.05, 3.63) is 29.6 Å². The lowest BCUT2D eigenvalue weighted by molar-refractivity contribution is -0.130. The average Bonchev–Trinajstić information content (AvgIpc) is 2.83. The van der Waals surface area contributed by atoms with Crippen LogP contribution in [0.15, 0.2) is 18.2 Å². The van der Waals surface area contributed by atoms with Gasteiger partial charge < -0.3 is 9.47 Å². The Balaban J connectivity index is 2.49. The summed E-state index contributed by atoms with van der Waals surface area (Å²) in [5.41, 5.74) is 2.13. The zero-order valence-electron chi connectivity index (χ0n) is 12.1. The Bertz CT molecular complexity index is 701. The molecule has 0 unspecified atom stereocenters. The van der Waals surface area contributed by atoms with Gasteiger partial charge in [-0.25, -0.2) is 4.98 Å². The Labute approximate surface area is 128 Å². The van der Waals surface area contributed by atoms with E-state index in [2.05, 4.69) is 11.1 Å². The Morgan fingerprint density at radius 2 is 2.29 bits per heavy atom. The van der Waals surface area contributed by atoms with Gasteiger partial charge in [0.05, 0.1) is 22.7 Å². The van der Waals surface area contributed by atoms with E-state index < -0.39 is 0 Å². The number of aromatic nitrogens is 2. The van der Waals surface area contributed by atoms with E-state index in [0.29, 0.717) is 24.4 Å². The predicted molar refractivity (Wildman–Crippen MR) is 82.2 cm³/mol. The summed E-state index contributed by atoms with van der Waals surface area (Å²) in [6.45, 7) is 2.79. The molecule has 0 N–H and O–H groups in total. The third kappa shape index (κ3) is 3.17. The van der Waals surface area contributed by atoms with Crippen LogP contribution in [0.1, 0.15) is 18.3 Å². The lowest BCUT2D eigenvalue weighted by Crippen LogP contribution is -2.30. The van der Waals surface area contributed by atoms with Gasteiger partial charge in [-0.3, -0.25) is 4.79 Å². The van der Waals surface area contributed by atoms with Crippen molar-refractivity contribution in [2.75, 3.05) is 19.5 Å². The van der Waals surface area contributed by atoms with Gasteiger partial charge in [-0.2, -0.15) is 5.26 Å². The van der Waals surface area contributed by atoms with Gasteiger partial charge in [0, 0.05) is 25.9 Å². The third-order valence-corrected chi connectivity index (χ3v) is 3.66. The summed E-state index contributed by atoms with van der Waals surface area (Å²) in [6.07, 6.45) is 0.585. The average molecular weight is 305 g/mol. The molecular formula is C15H17ClN4O. The van der Waals surface area contributed by atoms with E-state index in [-0.39, 0.29) is 12.5 Å². The monoisotopic (exact) mass is 304 g/mol. The lowest BCUT2D eigenvalue weighted by Gasteiger charge is -2.16. The van der Waals surface area contributed by atoms with Crippen LogP contribution in [0, 0.1) is 11.3 Å². The molecule has 1 amide bonds. The van der Waals surface area contributed by atoms with Crippen molar-refractivity contribution in [1.82, 2.24) is 14.5 Å². The topological polar surface area (TPSA) is 61.9 Å². The summed E-state index contributed by atoms with van der Waals surface area (Å²) < 4.78 is 1.85. The highest BCUT2D eigenvalue weighted by Crippen LogP contribution is 2.19. The summed E-state index contributed by atoms with van der Waals surface area (Å²) in [6, 6.07) is 7.40. The van der Waals surface area contributed by atoms with E-state index >= 15 is 0 Å². The smallest absolute Gasteiger partial charge is 0.242 e. The van der Waals surface area contributed by atoms with E-state index in [1.54, 1.807) is 30.1 Å². The number of alkyl halides is 1. The van der Waals surface area contributed by atoms with Crippen molar-refractivity contribution in [2.24, 2.45) is 0 Å². The Morgan fingerprint density at radius 1 is 1.52 bits per heavy atom. The zero-order valence-corrected chi connectivity index (χ0v) is 12.9. The number of halogens is 1. The number of likely N-dealkylation sites (N-methyl/N-ethyl adjacent to an activating group) is 1. The Hall–Kier alpha value is -2.06. The first-order valence-electron chi connectivity index (χ1n) is 6.79. The van der Waals surface area contributed by atoms with Crippen LogP contribution < -0.4 is 0 Å². The van der Waals surface area contributed by atoms with Gasteiger partial charge >= 0.3 is 0 Å². The zero-order chi connectivity index (χ0) is 15.4. The number of hydrogen-bond donors (Lipinski definition) is 0. The molecule has 21 heavy (non-hydrogen) atoms. The first-order chi connectivity index (χ1) is 10.1. The number of fused-ring (bicyclic) bond motifs is 1. The van der Waals surface area contributed by atoms with Gasteiger partial charge in [0.15, 0.2) is 0 Å². The second kappa shape index (κ2) is 6.59. The summed E-state index contributed by atoms with van der Waals surface area (Å²) >= 11 is 5.82. The number of amides is 1. The van der Waals surface area contributed by atoms with E-state index in [9.17, 15) is 4.79 Å². The van der Waals surface area contributed by atoms with Gasteiger partial charge in [-0.15, -0.1) is 11.6 Å². The van der Waals surface area contributed by atoms with Gasteiger partial charge in [0.25, 0.3) is 0 Å². The molecule has 1 aromatic carbocycles. The fraction of sp³-hybridized carbons (Fsp3) is 0.400. The van der Waals surface area contributed by atoms with Gasteiger partial charge in [0.1, 0.15) is 12.4 Å². The molecule has 0 aliphatic heterocycles. The van der Waals surface area contributed by atoms with Gasteiger partial charge in [0.2, 0.25) is 5.91 Å². The number of hydrogen-bond acceptors (Lipinski definition) is 3. The molecular weight excluding hydrogens is 288 g/mol. The predicted octanol–water partition coefficient (Wildman–Crippen LogP) is 2.17. The number of aryl methyl sites for hydroxylation is 1. The Morgan fingerprint density at radius 3 is 2.90 bits per heavy atom. The van der Waals surface area contributed by atoms with Crippen LogP contribution in [-0.2, 0) is 17.8 Å². The number of carbonyl (C=O) groups is 1. The molecule has 1 heterocycles. The van der Waals surface area contributed by atoms with E-state index in [0.717, 1.165) is 16.9 Å². The number of benzene rings is 1. The summed E-state index contributed by atoms with van der Waals surface area (Å²) in [5, 5.41) is 9.03. The molecule has 5 nitrogen and oxygen atoms in total. The van der Waals surface area contributed by atoms with Crippen molar-refractivity contribution in [3.8, 4) is 6.07 Å². The second-order valence-corrected chi connectivity index (χ2v) is 5.15. The normalized spacial score (nSPS) is 10.6. The minimum Gasteiger partial charge on any atom is -0.344 e. The van der Waals surface area contributed by atoms with Gasteiger partial charge in [-0.05, 0) is 25.1 Å². The fourth-order valence-corrected chi connectivity index (χ4v) is 2.30. The molecule has 0 saturated carbocycles. The molecule has 0 aliphatic rings. The maximum absolute atomic E-state index is 12.2. The van der Waals surface area contributed by atoms with Crippen LogP contribution in [-0.4, -0.2) is 39.8 Å². The van der Waals surface area contributed by atoms with Crippen molar-refractivity contribution in [1.29, 1.82) is 5.26 Å². The quantitative estimate of drug-likeness (QED) is 0.795. The van der Waals surface area contributed by atoms with Crippen LogP contribution in [0.25, 0.3) is 11.0 Å². The molecule has 0 radical (unpaired) electrons. The highest BCUT2D eigenvalue weighted by molar-refractivity contribution is 6.17. The lowest BCUT2D eigenvalue weighted by atomic mass is 10.2. The molecule has 0 aliphatic carbocycles. The molecule has 1 aromatic heterocycles. The van der Waals surface area contributed by atoms with E-state index in [1.807, 2.05) is 11.5 Å². The number of imidazole rings is 1. The van der Waals surface area contributed by atoms with Crippen LogP contribution in [0.2, 0.25) is 0 Å². The standard InChI is InChI=1S/C15H17ClN4O/c1-3-19(2)15(21)10-20-13-8-11(9-17)4-5-12(13)18-14(20)6-7-16/h4-5,8H,3,6-7,10H2,1-2H3. The number of carbonyl (C=O) groups excluding carboxylic acids is 1. The van der Waals surface area contributed by atoms with Crippen LogP contribution in [0.4, 0.5) is 0 Å². The number of nitrogens with zero attached hydrogens (tertiary/aromatic N) is 4. The summed E-state index contributed by atoms with van der Waals surface area (Å²) in [7, 11) is 1.77. The van der Waals surface area contributed by atoms with E-state index in [1.165, 1.54) is 0 Å². The van der Waals surface area contributed by atoms with Crippen molar-refractivity contribution in [3.63, 3.8) is 0 Å². The third-order valence-electron chi connectivity index (χ3n) is 3.47. The number of nitriles is 1. The number of rotatable bonds is 5. The molecule has 0 spiro atoms. The molecule has 0 fully saturated rings. The van der Waals surface area contributed by atoms with E-state index in [4.69, 9.17) is 16.9 Å². The molecule has 110 valence electrons. The van der Waals surface area contributed by atoms with Crippen LogP contribution >= 0.6 is 11.6 Å². The minimum atomic E-state index is 0.00924. The largest absolute Gasteiger partial charge is 0.344 e. The van der Waals surface area contributed by atoms with Crippen molar-refractivity contribution in [2.45, 2.75) is 19.9 Å². The SMILES string of the molecule is CCN(C)C(=O)Cn1c(CCCl)nc2ccc(C#N)cc21. The first-order valence-corrected chi connectivity index (χ1v) is 7.33. The second-order valence-electron chi connectivity index (χ2n) is 4.78. The molecule has 6 heteroatoms. The molecule has 0 atom stereocenters. The van der Waals surface area contributed by atoms with Crippen LogP contribution in [0.5, 0.6) is 0 Å². The summed E-state index contributed by atoms with van der Waals surface area (Å²) in [4.78, 5) is 18.3. The highest BCUT2D eigenvalue weighted by atomic mass is 35.5. The Kier molecular flexibility index (Phi) is 4.81. The van der Waals surface area contributed by atoms with Crippen molar-refractivity contribution < 1.29 is 4.79 Å². The summed E-state index contributed by atoms with van der Waals surface area (Å²) in [5.74, 6) is 1.22. The van der Waals surface area contributed by atoms with Crippen LogP contribution in [0.3, 0.4) is 0 Å². The van der Waals surface area contributed by atoms with Gasteiger partial charge in [-0.1, -0.05) is 0 Å². The molecule has 2 rings (SSSR count). The molecule has 2 aromatic rings. The minimum absolute atomic E-state index is 0.00924. The maximum Gasteiger partial charge on any atom is 0.242 e. The highest BCUT2D eigenvalue weighted by Gasteiger charge is 2.15. The fourth-order valence-electron chi connectivity index (χ4n) is 2.13. The van der Waals surface area contributed by atoms with Crippen molar-refractivity contribution >= 4 is 28.5 Å². The first kappa shape index (κ1) is 15.3.